The topological polar surface area (TPSA) is 56.8 Å². The second-order valence-electron chi connectivity index (χ2n) is 5.17. The van der Waals surface area contributed by atoms with Crippen LogP contribution in [0.15, 0.2) is 42.5 Å². The van der Waals surface area contributed by atoms with Crippen molar-refractivity contribution >= 4 is 5.91 Å². The van der Waals surface area contributed by atoms with E-state index in [1.807, 2.05) is 24.3 Å². The fourth-order valence-electron chi connectivity index (χ4n) is 2.23. The number of amides is 1. The highest BCUT2D eigenvalue weighted by Crippen LogP contribution is 2.27. The molecule has 0 aromatic heterocycles. The van der Waals surface area contributed by atoms with Gasteiger partial charge in [0.05, 0.1) is 20.8 Å². The maximum Gasteiger partial charge on any atom is 0.251 e. The summed E-state index contributed by atoms with van der Waals surface area (Å²) in [6.07, 6.45) is 1.00. The van der Waals surface area contributed by atoms with Crippen LogP contribution in [-0.2, 0) is 6.42 Å². The molecule has 0 saturated heterocycles. The summed E-state index contributed by atoms with van der Waals surface area (Å²) in [5.41, 5.74) is 1.78. The lowest BCUT2D eigenvalue weighted by Crippen LogP contribution is -2.28. The minimum atomic E-state index is -0.180. The zero-order valence-corrected chi connectivity index (χ0v) is 14.3. The first-order valence-corrected chi connectivity index (χ1v) is 7.90. The highest BCUT2D eigenvalue weighted by Gasteiger charge is 2.10. The molecule has 5 nitrogen and oxygen atoms in total. The van der Waals surface area contributed by atoms with Crippen LogP contribution in [0.4, 0.5) is 0 Å². The Balaban J connectivity index is 1.82. The van der Waals surface area contributed by atoms with E-state index in [9.17, 15) is 4.79 Å². The molecule has 2 aromatic carbocycles. The predicted molar refractivity (Wildman–Crippen MR) is 93.2 cm³/mol. The van der Waals surface area contributed by atoms with E-state index in [1.54, 1.807) is 25.3 Å². The number of hydrogen-bond acceptors (Lipinski definition) is 4. The van der Waals surface area contributed by atoms with Gasteiger partial charge in [-0.05, 0) is 42.3 Å². The first-order chi connectivity index (χ1) is 11.7. The predicted octanol–water partition coefficient (Wildman–Crippen LogP) is 3.08. The minimum absolute atomic E-state index is 0.180. The van der Waals surface area contributed by atoms with Crippen LogP contribution in [0.2, 0.25) is 0 Å². The highest BCUT2D eigenvalue weighted by atomic mass is 16.5. The largest absolute Gasteiger partial charge is 0.493 e. The Morgan fingerprint density at radius 1 is 1.00 bits per heavy atom. The fourth-order valence-corrected chi connectivity index (χ4v) is 2.23. The number of nitrogens with one attached hydrogen (secondary N) is 1. The van der Waals surface area contributed by atoms with Gasteiger partial charge in [-0.3, -0.25) is 4.79 Å². The molecule has 0 radical (unpaired) electrons. The van der Waals surface area contributed by atoms with Gasteiger partial charge in [-0.15, -0.1) is 0 Å². The van der Waals surface area contributed by atoms with E-state index in [0.717, 1.165) is 12.2 Å². The van der Waals surface area contributed by atoms with Gasteiger partial charge in [0.25, 0.3) is 5.91 Å². The van der Waals surface area contributed by atoms with Crippen LogP contribution in [0.3, 0.4) is 0 Å². The molecular weight excluding hydrogens is 306 g/mol. The average Bonchev–Trinajstić information content (AvgIpc) is 2.64. The van der Waals surface area contributed by atoms with Crippen LogP contribution in [0.1, 0.15) is 22.8 Å². The molecule has 0 unspecified atom stereocenters. The van der Waals surface area contributed by atoms with Crippen molar-refractivity contribution in [3.8, 4) is 17.2 Å². The Bertz CT molecular complexity index is 668. The standard InChI is InChI=1S/C19H23NO4/c1-4-14-5-8-16(9-6-14)24-12-11-20-19(21)15-7-10-17(22-2)18(13-15)23-3/h5-10,13H,4,11-12H2,1-3H3,(H,20,21). The van der Waals surface area contributed by atoms with E-state index in [2.05, 4.69) is 12.2 Å². The second-order valence-corrected chi connectivity index (χ2v) is 5.17. The van der Waals surface area contributed by atoms with E-state index in [1.165, 1.54) is 12.7 Å². The zero-order valence-electron chi connectivity index (χ0n) is 14.3. The zero-order chi connectivity index (χ0) is 17.4. The molecule has 0 aliphatic rings. The molecule has 24 heavy (non-hydrogen) atoms. The Morgan fingerprint density at radius 2 is 1.71 bits per heavy atom. The summed E-state index contributed by atoms with van der Waals surface area (Å²) in [6, 6.07) is 13.0. The summed E-state index contributed by atoms with van der Waals surface area (Å²) < 4.78 is 16.0. The van der Waals surface area contributed by atoms with E-state index in [0.29, 0.717) is 30.2 Å². The molecule has 0 saturated carbocycles. The van der Waals surface area contributed by atoms with Crippen molar-refractivity contribution < 1.29 is 19.0 Å². The van der Waals surface area contributed by atoms with Gasteiger partial charge < -0.3 is 19.5 Å². The van der Waals surface area contributed by atoms with Crippen LogP contribution in [-0.4, -0.2) is 33.3 Å². The number of carbonyl (C=O) groups is 1. The minimum Gasteiger partial charge on any atom is -0.493 e. The second kappa shape index (κ2) is 8.82. The Morgan fingerprint density at radius 3 is 2.33 bits per heavy atom. The molecule has 1 amide bonds. The van der Waals surface area contributed by atoms with Crippen LogP contribution in [0.5, 0.6) is 17.2 Å². The van der Waals surface area contributed by atoms with Crippen LogP contribution < -0.4 is 19.5 Å². The van der Waals surface area contributed by atoms with Gasteiger partial charge in [0.15, 0.2) is 11.5 Å². The fraction of sp³-hybridized carbons (Fsp3) is 0.316. The normalized spacial score (nSPS) is 10.1. The highest BCUT2D eigenvalue weighted by molar-refractivity contribution is 5.94. The molecule has 0 spiro atoms. The van der Waals surface area contributed by atoms with Crippen molar-refractivity contribution in [2.45, 2.75) is 13.3 Å². The van der Waals surface area contributed by atoms with Gasteiger partial charge in [0.2, 0.25) is 0 Å². The first kappa shape index (κ1) is 17.7. The molecule has 0 bridgehead atoms. The van der Waals surface area contributed by atoms with Crippen molar-refractivity contribution in [1.29, 1.82) is 0 Å². The van der Waals surface area contributed by atoms with Gasteiger partial charge in [0.1, 0.15) is 12.4 Å². The molecule has 128 valence electrons. The number of ether oxygens (including phenoxy) is 3. The first-order valence-electron chi connectivity index (χ1n) is 7.90. The lowest BCUT2D eigenvalue weighted by Gasteiger charge is -2.11. The smallest absolute Gasteiger partial charge is 0.251 e. The maximum atomic E-state index is 12.1. The molecule has 0 aliphatic heterocycles. The van der Waals surface area contributed by atoms with Crippen molar-refractivity contribution in [3.05, 3.63) is 53.6 Å². The number of hydrogen-bond donors (Lipinski definition) is 1. The van der Waals surface area contributed by atoms with Crippen molar-refractivity contribution in [1.82, 2.24) is 5.32 Å². The van der Waals surface area contributed by atoms with Crippen LogP contribution >= 0.6 is 0 Å². The monoisotopic (exact) mass is 329 g/mol. The number of aryl methyl sites for hydroxylation is 1. The third-order valence-corrected chi connectivity index (χ3v) is 3.63. The quantitative estimate of drug-likeness (QED) is 0.756. The molecule has 0 heterocycles. The third-order valence-electron chi connectivity index (χ3n) is 3.63. The van der Waals surface area contributed by atoms with E-state index in [4.69, 9.17) is 14.2 Å². The number of methoxy groups -OCH3 is 2. The van der Waals surface area contributed by atoms with Crippen molar-refractivity contribution in [2.24, 2.45) is 0 Å². The SMILES string of the molecule is CCc1ccc(OCCNC(=O)c2ccc(OC)c(OC)c2)cc1. The molecule has 1 N–H and O–H groups in total. The Kier molecular flexibility index (Phi) is 6.49. The molecule has 5 heteroatoms. The summed E-state index contributed by atoms with van der Waals surface area (Å²) in [5, 5.41) is 2.82. The van der Waals surface area contributed by atoms with E-state index >= 15 is 0 Å². The molecular formula is C19H23NO4. The van der Waals surface area contributed by atoms with Crippen LogP contribution in [0.25, 0.3) is 0 Å². The number of benzene rings is 2. The summed E-state index contributed by atoms with van der Waals surface area (Å²) in [4.78, 5) is 12.1. The molecule has 0 aliphatic carbocycles. The number of rotatable bonds is 8. The van der Waals surface area contributed by atoms with Crippen molar-refractivity contribution in [3.63, 3.8) is 0 Å². The molecule has 2 rings (SSSR count). The van der Waals surface area contributed by atoms with Crippen molar-refractivity contribution in [2.75, 3.05) is 27.4 Å². The average molecular weight is 329 g/mol. The maximum absolute atomic E-state index is 12.1. The summed E-state index contributed by atoms with van der Waals surface area (Å²) in [6.45, 7) is 2.94. The van der Waals surface area contributed by atoms with Crippen LogP contribution in [0, 0.1) is 0 Å². The van der Waals surface area contributed by atoms with E-state index < -0.39 is 0 Å². The molecule has 2 aromatic rings. The summed E-state index contributed by atoms with van der Waals surface area (Å²) >= 11 is 0. The summed E-state index contributed by atoms with van der Waals surface area (Å²) in [5.74, 6) is 1.73. The lowest BCUT2D eigenvalue weighted by molar-refractivity contribution is 0.0946. The van der Waals surface area contributed by atoms with Gasteiger partial charge in [-0.2, -0.15) is 0 Å². The number of carbonyl (C=O) groups excluding carboxylic acids is 1. The Hall–Kier alpha value is -2.69. The Labute approximate surface area is 142 Å². The molecule has 0 fully saturated rings. The third kappa shape index (κ3) is 4.65. The van der Waals surface area contributed by atoms with Gasteiger partial charge in [-0.1, -0.05) is 19.1 Å². The van der Waals surface area contributed by atoms with Gasteiger partial charge in [-0.25, -0.2) is 0 Å². The van der Waals surface area contributed by atoms with Gasteiger partial charge >= 0.3 is 0 Å². The molecule has 0 atom stereocenters. The summed E-state index contributed by atoms with van der Waals surface area (Å²) in [7, 11) is 3.10. The van der Waals surface area contributed by atoms with Gasteiger partial charge in [0, 0.05) is 5.56 Å². The van der Waals surface area contributed by atoms with E-state index in [-0.39, 0.29) is 5.91 Å². The lowest BCUT2D eigenvalue weighted by atomic mass is 10.2.